The Bertz CT molecular complexity index is 568. The molecule has 1 fully saturated rings. The van der Waals surface area contributed by atoms with Crippen molar-refractivity contribution in [3.8, 4) is 5.75 Å². The summed E-state index contributed by atoms with van der Waals surface area (Å²) in [5, 5.41) is 9.28. The van der Waals surface area contributed by atoms with Gasteiger partial charge >= 0.3 is 0 Å². The summed E-state index contributed by atoms with van der Waals surface area (Å²) in [6.45, 7) is 2.58. The number of ether oxygens (including phenoxy) is 1. The minimum absolute atomic E-state index is 0.124. The van der Waals surface area contributed by atoms with E-state index in [-0.39, 0.29) is 23.1 Å². The van der Waals surface area contributed by atoms with E-state index in [1.807, 2.05) is 25.1 Å². The van der Waals surface area contributed by atoms with Crippen LogP contribution in [0.4, 0.5) is 0 Å². The highest BCUT2D eigenvalue weighted by Crippen LogP contribution is 2.42. The van der Waals surface area contributed by atoms with E-state index in [9.17, 15) is 9.90 Å². The lowest BCUT2D eigenvalue weighted by molar-refractivity contribution is -0.117. The molecule has 1 aromatic carbocycles. The largest absolute Gasteiger partial charge is 0.508 e. The Labute approximate surface area is 112 Å². The van der Waals surface area contributed by atoms with Gasteiger partial charge in [0.25, 0.3) is 0 Å². The molecule has 2 aliphatic rings. The quantitative estimate of drug-likeness (QED) is 0.840. The molecule has 0 radical (unpaired) electrons. The average Bonchev–Trinajstić information content (AvgIpc) is 2.70. The van der Waals surface area contributed by atoms with Crippen LogP contribution in [0, 0.1) is 5.92 Å². The molecule has 3 nitrogen and oxygen atoms in total. The van der Waals surface area contributed by atoms with E-state index in [0.29, 0.717) is 13.0 Å². The zero-order valence-corrected chi connectivity index (χ0v) is 10.8. The normalized spacial score (nSPS) is 31.7. The number of benzene rings is 1. The standard InChI is InChI=1S/C16H16O3/c1-16-7-6-14(18)9-15(16)12(10-19-16)8-11-2-4-13(17)5-3-11/h2-8,15,17H,9-10H2,1H3/b12-8-/t15-,16-/m1/s1. The topological polar surface area (TPSA) is 46.5 Å². The van der Waals surface area contributed by atoms with E-state index in [1.165, 1.54) is 0 Å². The molecule has 0 aromatic heterocycles. The minimum atomic E-state index is -0.351. The lowest BCUT2D eigenvalue weighted by Crippen LogP contribution is -2.34. The number of phenolic OH excluding ortho intramolecular Hbond substituents is 1. The summed E-state index contributed by atoms with van der Waals surface area (Å²) >= 11 is 0. The fourth-order valence-electron chi connectivity index (χ4n) is 2.76. The maximum absolute atomic E-state index is 11.6. The van der Waals surface area contributed by atoms with Crippen molar-refractivity contribution in [3.63, 3.8) is 0 Å². The number of fused-ring (bicyclic) bond motifs is 1. The summed E-state index contributed by atoms with van der Waals surface area (Å²) in [5.41, 5.74) is 1.81. The molecule has 0 spiro atoms. The molecular formula is C16H16O3. The first kappa shape index (κ1) is 12.2. The van der Waals surface area contributed by atoms with Gasteiger partial charge in [-0.2, -0.15) is 0 Å². The van der Waals surface area contributed by atoms with Gasteiger partial charge in [0.15, 0.2) is 5.78 Å². The number of phenols is 1. The fourth-order valence-corrected chi connectivity index (χ4v) is 2.76. The maximum atomic E-state index is 11.6. The van der Waals surface area contributed by atoms with E-state index in [1.54, 1.807) is 18.2 Å². The summed E-state index contributed by atoms with van der Waals surface area (Å²) in [6.07, 6.45) is 6.07. The van der Waals surface area contributed by atoms with Gasteiger partial charge in [-0.05, 0) is 42.3 Å². The van der Waals surface area contributed by atoms with E-state index >= 15 is 0 Å². The molecule has 1 aromatic rings. The zero-order chi connectivity index (χ0) is 13.5. The molecule has 3 heteroatoms. The number of carbonyl (C=O) groups excluding carboxylic acids is 1. The number of allylic oxidation sites excluding steroid dienone is 1. The molecule has 1 aliphatic heterocycles. The Morgan fingerprint density at radius 1 is 1.37 bits per heavy atom. The van der Waals surface area contributed by atoms with Crippen molar-refractivity contribution in [3.05, 3.63) is 47.6 Å². The number of rotatable bonds is 1. The summed E-state index contributed by atoms with van der Waals surface area (Å²) in [4.78, 5) is 11.6. The van der Waals surface area contributed by atoms with Crippen molar-refractivity contribution >= 4 is 11.9 Å². The molecule has 1 N–H and O–H groups in total. The molecule has 98 valence electrons. The van der Waals surface area contributed by atoms with Gasteiger partial charge in [-0.1, -0.05) is 18.2 Å². The van der Waals surface area contributed by atoms with Gasteiger partial charge in [0.2, 0.25) is 0 Å². The fraction of sp³-hybridized carbons (Fsp3) is 0.312. The molecule has 19 heavy (non-hydrogen) atoms. The van der Waals surface area contributed by atoms with Crippen LogP contribution in [0.25, 0.3) is 6.08 Å². The second-order valence-electron chi connectivity index (χ2n) is 5.34. The van der Waals surface area contributed by atoms with Crippen molar-refractivity contribution in [1.82, 2.24) is 0 Å². The molecule has 0 bridgehead atoms. The van der Waals surface area contributed by atoms with Crippen LogP contribution in [-0.2, 0) is 9.53 Å². The second-order valence-corrected chi connectivity index (χ2v) is 5.34. The Morgan fingerprint density at radius 2 is 2.11 bits per heavy atom. The van der Waals surface area contributed by atoms with Crippen LogP contribution in [0.1, 0.15) is 18.9 Å². The second kappa shape index (κ2) is 4.35. The third-order valence-electron chi connectivity index (χ3n) is 3.94. The van der Waals surface area contributed by atoms with Crippen molar-refractivity contribution in [1.29, 1.82) is 0 Å². The molecule has 1 heterocycles. The van der Waals surface area contributed by atoms with E-state index in [0.717, 1.165) is 11.1 Å². The zero-order valence-electron chi connectivity index (χ0n) is 10.8. The molecule has 3 rings (SSSR count). The van der Waals surface area contributed by atoms with Gasteiger partial charge in [-0.3, -0.25) is 4.79 Å². The van der Waals surface area contributed by atoms with Crippen LogP contribution in [-0.4, -0.2) is 23.1 Å². The highest BCUT2D eigenvalue weighted by molar-refractivity contribution is 5.91. The van der Waals surface area contributed by atoms with Crippen molar-refractivity contribution in [2.75, 3.05) is 6.61 Å². The van der Waals surface area contributed by atoms with Gasteiger partial charge in [-0.15, -0.1) is 0 Å². The first-order chi connectivity index (χ1) is 9.07. The monoisotopic (exact) mass is 256 g/mol. The third-order valence-corrected chi connectivity index (χ3v) is 3.94. The van der Waals surface area contributed by atoms with Gasteiger partial charge in [0.1, 0.15) is 5.75 Å². The molecule has 0 amide bonds. The van der Waals surface area contributed by atoms with E-state index in [4.69, 9.17) is 4.74 Å². The van der Waals surface area contributed by atoms with Crippen molar-refractivity contribution in [2.45, 2.75) is 18.9 Å². The SMILES string of the molecule is C[C@@]12C=CC(=O)C[C@@H]1/C(=C\c1ccc(O)cc1)CO2. The maximum Gasteiger partial charge on any atom is 0.156 e. The minimum Gasteiger partial charge on any atom is -0.508 e. The van der Waals surface area contributed by atoms with Gasteiger partial charge in [-0.25, -0.2) is 0 Å². The van der Waals surface area contributed by atoms with Crippen molar-refractivity contribution < 1.29 is 14.6 Å². The molecule has 0 saturated carbocycles. The summed E-state index contributed by atoms with van der Waals surface area (Å²) in [7, 11) is 0. The lowest BCUT2D eigenvalue weighted by atomic mass is 9.78. The lowest BCUT2D eigenvalue weighted by Gasteiger charge is -2.29. The molecule has 0 unspecified atom stereocenters. The average molecular weight is 256 g/mol. The smallest absolute Gasteiger partial charge is 0.156 e. The number of aromatic hydroxyl groups is 1. The van der Waals surface area contributed by atoms with Crippen LogP contribution in [0.3, 0.4) is 0 Å². The van der Waals surface area contributed by atoms with Crippen LogP contribution < -0.4 is 0 Å². The Hall–Kier alpha value is -1.87. The predicted molar refractivity (Wildman–Crippen MR) is 72.7 cm³/mol. The van der Waals surface area contributed by atoms with Crippen LogP contribution in [0.15, 0.2) is 42.0 Å². The summed E-state index contributed by atoms with van der Waals surface area (Å²) < 4.78 is 5.84. The molecule has 1 saturated heterocycles. The van der Waals surface area contributed by atoms with Crippen LogP contribution in [0.5, 0.6) is 5.75 Å². The number of ketones is 1. The Balaban J connectivity index is 1.92. The molecular weight excluding hydrogens is 240 g/mol. The van der Waals surface area contributed by atoms with E-state index in [2.05, 4.69) is 6.08 Å². The number of hydrogen-bond donors (Lipinski definition) is 1. The predicted octanol–water partition coefficient (Wildman–Crippen LogP) is 2.71. The van der Waals surface area contributed by atoms with Gasteiger partial charge in [0, 0.05) is 12.3 Å². The van der Waals surface area contributed by atoms with E-state index < -0.39 is 0 Å². The first-order valence-corrected chi connectivity index (χ1v) is 6.42. The Morgan fingerprint density at radius 3 is 2.84 bits per heavy atom. The number of carbonyl (C=O) groups is 1. The van der Waals surface area contributed by atoms with Crippen LogP contribution >= 0.6 is 0 Å². The van der Waals surface area contributed by atoms with Crippen LogP contribution in [0.2, 0.25) is 0 Å². The Kier molecular flexibility index (Phi) is 2.79. The number of hydrogen-bond acceptors (Lipinski definition) is 3. The molecule has 1 aliphatic carbocycles. The van der Waals surface area contributed by atoms with Gasteiger partial charge < -0.3 is 9.84 Å². The third kappa shape index (κ3) is 2.22. The van der Waals surface area contributed by atoms with Gasteiger partial charge in [0.05, 0.1) is 12.2 Å². The summed E-state index contributed by atoms with van der Waals surface area (Å²) in [5.74, 6) is 0.536. The van der Waals surface area contributed by atoms with Crippen molar-refractivity contribution in [2.24, 2.45) is 5.92 Å². The summed E-state index contributed by atoms with van der Waals surface area (Å²) in [6, 6.07) is 7.04. The highest BCUT2D eigenvalue weighted by Gasteiger charge is 2.44. The highest BCUT2D eigenvalue weighted by atomic mass is 16.5. The first-order valence-electron chi connectivity index (χ1n) is 6.42. The molecule has 2 atom stereocenters.